The van der Waals surface area contributed by atoms with Crippen LogP contribution in [-0.4, -0.2) is 54.4 Å². The van der Waals surface area contributed by atoms with Crippen molar-refractivity contribution >= 4 is 23.2 Å². The molecule has 0 radical (unpaired) electrons. The number of ether oxygens (including phenoxy) is 1. The summed E-state index contributed by atoms with van der Waals surface area (Å²) in [5.74, 6) is -0.118. The van der Waals surface area contributed by atoms with Crippen LogP contribution in [0.2, 0.25) is 5.02 Å². The van der Waals surface area contributed by atoms with Crippen molar-refractivity contribution in [3.63, 3.8) is 0 Å². The van der Waals surface area contributed by atoms with Crippen molar-refractivity contribution in [2.75, 3.05) is 38.3 Å². The van der Waals surface area contributed by atoms with E-state index < -0.39 is 0 Å². The molecule has 3 aromatic rings. The maximum atomic E-state index is 12.8. The molecule has 1 saturated heterocycles. The van der Waals surface area contributed by atoms with E-state index in [0.717, 1.165) is 37.4 Å². The maximum absolute atomic E-state index is 12.8. The lowest BCUT2D eigenvalue weighted by atomic mass is 10.1. The van der Waals surface area contributed by atoms with Gasteiger partial charge in [0.25, 0.3) is 5.91 Å². The molecule has 1 fully saturated rings. The van der Waals surface area contributed by atoms with Crippen LogP contribution in [0.15, 0.2) is 54.6 Å². The Morgan fingerprint density at radius 2 is 1.90 bits per heavy atom. The minimum atomic E-state index is -0.118. The average Bonchev–Trinajstić information content (AvgIpc) is 3.24. The lowest BCUT2D eigenvalue weighted by Gasteiger charge is -2.29. The van der Waals surface area contributed by atoms with Crippen LogP contribution < -0.4 is 4.90 Å². The second kappa shape index (κ2) is 8.68. The van der Waals surface area contributed by atoms with Crippen LogP contribution in [0.1, 0.15) is 16.1 Å². The standard InChI is InChI=1S/C22H23ClN4O2/c1-26(15-16-6-8-17(9-7-16)27-10-12-29-13-11-27)22(28)21-14-20(24-25-21)18-4-2-3-5-19(18)23/h2-9,14H,10-13,15H2,1H3,(H,24,25). The van der Waals surface area contributed by atoms with Gasteiger partial charge in [0.15, 0.2) is 0 Å². The Bertz CT molecular complexity index is 980. The Morgan fingerprint density at radius 1 is 1.17 bits per heavy atom. The summed E-state index contributed by atoms with van der Waals surface area (Å²) in [7, 11) is 1.79. The molecule has 6 nitrogen and oxygen atoms in total. The molecule has 1 N–H and O–H groups in total. The zero-order chi connectivity index (χ0) is 20.2. The van der Waals surface area contributed by atoms with Gasteiger partial charge in [0.1, 0.15) is 5.69 Å². The molecule has 1 aliphatic heterocycles. The molecular formula is C22H23ClN4O2. The van der Waals surface area contributed by atoms with Crippen LogP contribution in [0, 0.1) is 0 Å². The second-order valence-corrected chi connectivity index (χ2v) is 7.48. The fourth-order valence-corrected chi connectivity index (χ4v) is 3.66. The zero-order valence-corrected chi connectivity index (χ0v) is 17.0. The van der Waals surface area contributed by atoms with Gasteiger partial charge in [-0.3, -0.25) is 9.89 Å². The van der Waals surface area contributed by atoms with Crippen molar-refractivity contribution in [2.45, 2.75) is 6.54 Å². The number of hydrogen-bond donors (Lipinski definition) is 1. The van der Waals surface area contributed by atoms with Gasteiger partial charge in [-0.25, -0.2) is 0 Å². The normalized spacial score (nSPS) is 14.1. The number of carbonyl (C=O) groups excluding carboxylic acids is 1. The van der Waals surface area contributed by atoms with E-state index in [-0.39, 0.29) is 5.91 Å². The minimum absolute atomic E-state index is 0.118. The third-order valence-corrected chi connectivity index (χ3v) is 5.37. The molecule has 29 heavy (non-hydrogen) atoms. The molecule has 0 spiro atoms. The predicted molar refractivity (Wildman–Crippen MR) is 114 cm³/mol. The van der Waals surface area contributed by atoms with Crippen molar-refractivity contribution in [3.05, 3.63) is 70.9 Å². The van der Waals surface area contributed by atoms with Crippen molar-refractivity contribution in [1.82, 2.24) is 15.1 Å². The Balaban J connectivity index is 1.41. The Morgan fingerprint density at radius 3 is 2.62 bits per heavy atom. The highest BCUT2D eigenvalue weighted by atomic mass is 35.5. The zero-order valence-electron chi connectivity index (χ0n) is 16.3. The largest absolute Gasteiger partial charge is 0.378 e. The molecule has 2 aromatic carbocycles. The van der Waals surface area contributed by atoms with E-state index in [2.05, 4.69) is 39.4 Å². The summed E-state index contributed by atoms with van der Waals surface area (Å²) in [6, 6.07) is 17.5. The molecule has 150 valence electrons. The number of rotatable bonds is 5. The topological polar surface area (TPSA) is 61.5 Å². The molecule has 7 heteroatoms. The fraction of sp³-hybridized carbons (Fsp3) is 0.273. The van der Waals surface area contributed by atoms with Crippen LogP contribution >= 0.6 is 11.6 Å². The van der Waals surface area contributed by atoms with Gasteiger partial charge in [-0.15, -0.1) is 0 Å². The third kappa shape index (κ3) is 4.44. The Labute approximate surface area is 175 Å². The van der Waals surface area contributed by atoms with Gasteiger partial charge >= 0.3 is 0 Å². The van der Waals surface area contributed by atoms with E-state index in [0.29, 0.717) is 23.0 Å². The summed E-state index contributed by atoms with van der Waals surface area (Å²) in [4.78, 5) is 16.8. The number of halogens is 1. The average molecular weight is 411 g/mol. The fourth-order valence-electron chi connectivity index (χ4n) is 3.42. The molecule has 0 bridgehead atoms. The SMILES string of the molecule is CN(Cc1ccc(N2CCOCC2)cc1)C(=O)c1cc(-c2ccccc2Cl)n[nH]1. The quantitative estimate of drug-likeness (QED) is 0.694. The first kappa shape index (κ1) is 19.5. The molecule has 1 aromatic heterocycles. The molecule has 1 aliphatic rings. The number of aromatic amines is 1. The van der Waals surface area contributed by atoms with Crippen LogP contribution in [-0.2, 0) is 11.3 Å². The molecule has 1 amide bonds. The Kier molecular flexibility index (Phi) is 5.83. The first-order valence-corrected chi connectivity index (χ1v) is 9.97. The molecule has 0 aliphatic carbocycles. The van der Waals surface area contributed by atoms with E-state index in [4.69, 9.17) is 16.3 Å². The van der Waals surface area contributed by atoms with E-state index in [9.17, 15) is 4.79 Å². The van der Waals surface area contributed by atoms with Crippen LogP contribution in [0.25, 0.3) is 11.3 Å². The molecule has 0 atom stereocenters. The first-order valence-electron chi connectivity index (χ1n) is 9.59. The van der Waals surface area contributed by atoms with Gasteiger partial charge < -0.3 is 14.5 Å². The number of H-pyrrole nitrogens is 1. The highest BCUT2D eigenvalue weighted by Gasteiger charge is 2.17. The summed E-state index contributed by atoms with van der Waals surface area (Å²) in [5, 5.41) is 7.68. The second-order valence-electron chi connectivity index (χ2n) is 7.07. The lowest BCUT2D eigenvalue weighted by Crippen LogP contribution is -2.36. The highest BCUT2D eigenvalue weighted by Crippen LogP contribution is 2.26. The lowest BCUT2D eigenvalue weighted by molar-refractivity contribution is 0.0779. The van der Waals surface area contributed by atoms with Gasteiger partial charge in [0, 0.05) is 37.9 Å². The van der Waals surface area contributed by atoms with Gasteiger partial charge in [0.05, 0.1) is 23.9 Å². The van der Waals surface area contributed by atoms with Crippen LogP contribution in [0.3, 0.4) is 0 Å². The summed E-state index contributed by atoms with van der Waals surface area (Å²) in [6.45, 7) is 3.86. The number of nitrogens with zero attached hydrogens (tertiary/aromatic N) is 3. The monoisotopic (exact) mass is 410 g/mol. The number of morpholine rings is 1. The molecule has 0 saturated carbocycles. The summed E-state index contributed by atoms with van der Waals surface area (Å²) in [6.07, 6.45) is 0. The Hall–Kier alpha value is -2.83. The molecule has 4 rings (SSSR count). The summed E-state index contributed by atoms with van der Waals surface area (Å²) >= 11 is 6.23. The number of hydrogen-bond acceptors (Lipinski definition) is 4. The van der Waals surface area contributed by atoms with E-state index >= 15 is 0 Å². The van der Waals surface area contributed by atoms with Crippen molar-refractivity contribution < 1.29 is 9.53 Å². The number of aromatic nitrogens is 2. The van der Waals surface area contributed by atoms with E-state index in [1.165, 1.54) is 5.69 Å². The maximum Gasteiger partial charge on any atom is 0.271 e. The third-order valence-electron chi connectivity index (χ3n) is 5.04. The van der Waals surface area contributed by atoms with Crippen molar-refractivity contribution in [2.24, 2.45) is 0 Å². The van der Waals surface area contributed by atoms with Crippen molar-refractivity contribution in [1.29, 1.82) is 0 Å². The number of benzene rings is 2. The van der Waals surface area contributed by atoms with E-state index in [1.807, 2.05) is 18.2 Å². The minimum Gasteiger partial charge on any atom is -0.378 e. The summed E-state index contributed by atoms with van der Waals surface area (Å²) in [5.41, 5.74) is 4.15. The number of amides is 1. The molecule has 0 unspecified atom stereocenters. The predicted octanol–water partition coefficient (Wildman–Crippen LogP) is 3.84. The first-order chi connectivity index (χ1) is 14.1. The van der Waals surface area contributed by atoms with Crippen LogP contribution in [0.4, 0.5) is 5.69 Å². The van der Waals surface area contributed by atoms with Gasteiger partial charge in [-0.05, 0) is 29.8 Å². The van der Waals surface area contributed by atoms with Gasteiger partial charge in [-0.2, -0.15) is 5.10 Å². The number of carbonyl (C=O) groups is 1. The van der Waals surface area contributed by atoms with E-state index in [1.54, 1.807) is 24.1 Å². The molecule has 2 heterocycles. The van der Waals surface area contributed by atoms with Gasteiger partial charge in [0.2, 0.25) is 0 Å². The smallest absolute Gasteiger partial charge is 0.271 e. The highest BCUT2D eigenvalue weighted by molar-refractivity contribution is 6.33. The van der Waals surface area contributed by atoms with Crippen LogP contribution in [0.5, 0.6) is 0 Å². The number of nitrogens with one attached hydrogen (secondary N) is 1. The van der Waals surface area contributed by atoms with Crippen molar-refractivity contribution in [3.8, 4) is 11.3 Å². The summed E-state index contributed by atoms with van der Waals surface area (Å²) < 4.78 is 5.40. The molecular weight excluding hydrogens is 388 g/mol. The number of anilines is 1. The van der Waals surface area contributed by atoms with Gasteiger partial charge in [-0.1, -0.05) is 41.9 Å².